The van der Waals surface area contributed by atoms with Gasteiger partial charge in [0.25, 0.3) is 12.3 Å². The lowest BCUT2D eigenvalue weighted by Gasteiger charge is -2.29. The largest absolute Gasteiger partial charge is 0.391 e. The number of amides is 2. The summed E-state index contributed by atoms with van der Waals surface area (Å²) in [7, 11) is 1.52. The van der Waals surface area contributed by atoms with Crippen molar-refractivity contribution in [3.8, 4) is 0 Å². The SMILES string of the molecule is Cc1csc(CN(C)C(=O)c2cc(C(F)F)cc(C(N)=O)c2[C@H](Cc2ccccc2)[C@@H](O)CNCc2cncc(C(C)(C)F)c2)n1. The zero-order chi connectivity index (χ0) is 33.6. The number of nitrogens with zero attached hydrogens (tertiary/aromatic N) is 3. The fraction of sp³-hybridized carbons (Fsp3) is 0.353. The van der Waals surface area contributed by atoms with E-state index < -0.39 is 41.5 Å². The molecule has 0 fully saturated rings. The van der Waals surface area contributed by atoms with Gasteiger partial charge in [0.1, 0.15) is 10.7 Å². The topological polar surface area (TPSA) is 121 Å². The molecule has 46 heavy (non-hydrogen) atoms. The van der Waals surface area contributed by atoms with Gasteiger partial charge in [-0.1, -0.05) is 30.3 Å². The van der Waals surface area contributed by atoms with E-state index in [2.05, 4.69) is 15.3 Å². The van der Waals surface area contributed by atoms with Crippen molar-refractivity contribution in [2.45, 2.75) is 64.4 Å². The van der Waals surface area contributed by atoms with Gasteiger partial charge in [0, 0.05) is 71.8 Å². The number of hydrogen-bond acceptors (Lipinski definition) is 7. The highest BCUT2D eigenvalue weighted by molar-refractivity contribution is 7.09. The van der Waals surface area contributed by atoms with Gasteiger partial charge in [0.05, 0.1) is 12.6 Å². The van der Waals surface area contributed by atoms with E-state index in [1.165, 1.54) is 43.3 Å². The van der Waals surface area contributed by atoms with Gasteiger partial charge >= 0.3 is 0 Å². The number of nitrogens with two attached hydrogens (primary N) is 1. The number of aliphatic hydroxyl groups excluding tert-OH is 1. The minimum atomic E-state index is -2.98. The minimum absolute atomic E-state index is 0.0165. The number of alkyl halides is 3. The Kier molecular flexibility index (Phi) is 11.3. The van der Waals surface area contributed by atoms with Gasteiger partial charge in [0.15, 0.2) is 0 Å². The van der Waals surface area contributed by atoms with E-state index in [0.29, 0.717) is 16.1 Å². The van der Waals surface area contributed by atoms with Gasteiger partial charge in [-0.15, -0.1) is 11.3 Å². The Morgan fingerprint density at radius 2 is 1.78 bits per heavy atom. The molecule has 0 spiro atoms. The monoisotopic (exact) mass is 653 g/mol. The van der Waals surface area contributed by atoms with Crippen molar-refractivity contribution in [2.75, 3.05) is 13.6 Å². The van der Waals surface area contributed by atoms with Gasteiger partial charge in [-0.05, 0) is 62.1 Å². The molecule has 0 saturated heterocycles. The maximum atomic E-state index is 14.5. The molecule has 0 unspecified atom stereocenters. The third-order valence-electron chi connectivity index (χ3n) is 7.63. The summed E-state index contributed by atoms with van der Waals surface area (Å²) < 4.78 is 42.7. The number of rotatable bonds is 14. The summed E-state index contributed by atoms with van der Waals surface area (Å²) in [6.45, 7) is 5.02. The maximum absolute atomic E-state index is 14.5. The van der Waals surface area contributed by atoms with Crippen LogP contribution in [0.1, 0.15) is 85.4 Å². The third kappa shape index (κ3) is 8.77. The smallest absolute Gasteiger partial charge is 0.263 e. The van der Waals surface area contributed by atoms with E-state index in [-0.39, 0.29) is 42.7 Å². The van der Waals surface area contributed by atoms with E-state index >= 15 is 0 Å². The maximum Gasteiger partial charge on any atom is 0.263 e. The van der Waals surface area contributed by atoms with Crippen molar-refractivity contribution >= 4 is 23.2 Å². The molecule has 4 N–H and O–H groups in total. The van der Waals surface area contributed by atoms with E-state index in [1.54, 1.807) is 12.3 Å². The number of aliphatic hydroxyl groups is 1. The number of halogens is 3. The van der Waals surface area contributed by atoms with Crippen LogP contribution in [-0.4, -0.2) is 51.5 Å². The zero-order valence-corrected chi connectivity index (χ0v) is 27.0. The lowest BCUT2D eigenvalue weighted by atomic mass is 9.80. The highest BCUT2D eigenvalue weighted by Gasteiger charge is 2.33. The number of primary amides is 1. The van der Waals surface area contributed by atoms with Crippen LogP contribution in [0, 0.1) is 6.92 Å². The first-order chi connectivity index (χ1) is 21.7. The van der Waals surface area contributed by atoms with E-state index in [4.69, 9.17) is 5.73 Å². The third-order valence-corrected chi connectivity index (χ3v) is 8.58. The summed E-state index contributed by atoms with van der Waals surface area (Å²) in [6.07, 6.45) is -0.985. The van der Waals surface area contributed by atoms with Crippen LogP contribution in [0.25, 0.3) is 0 Å². The number of carbonyl (C=O) groups excluding carboxylic acids is 2. The summed E-state index contributed by atoms with van der Waals surface area (Å²) >= 11 is 1.36. The molecule has 2 aromatic carbocycles. The number of benzene rings is 2. The number of aromatic nitrogens is 2. The first kappa shape index (κ1) is 34.7. The molecule has 8 nitrogen and oxygen atoms in total. The molecule has 2 aromatic heterocycles. The van der Waals surface area contributed by atoms with Crippen LogP contribution in [0.5, 0.6) is 0 Å². The van der Waals surface area contributed by atoms with Crippen LogP contribution in [0.15, 0.2) is 66.3 Å². The summed E-state index contributed by atoms with van der Waals surface area (Å²) in [5.74, 6) is -2.53. The zero-order valence-electron chi connectivity index (χ0n) is 26.1. The predicted octanol–water partition coefficient (Wildman–Crippen LogP) is 5.84. The van der Waals surface area contributed by atoms with Crippen LogP contribution in [-0.2, 0) is 25.2 Å². The lowest BCUT2D eigenvalue weighted by Crippen LogP contribution is -2.36. The fourth-order valence-electron chi connectivity index (χ4n) is 5.25. The molecule has 0 radical (unpaired) electrons. The van der Waals surface area contributed by atoms with Gasteiger partial charge in [-0.3, -0.25) is 14.6 Å². The molecule has 0 aliphatic rings. The van der Waals surface area contributed by atoms with Crippen LogP contribution in [0.3, 0.4) is 0 Å². The van der Waals surface area contributed by atoms with E-state index in [9.17, 15) is 27.9 Å². The van der Waals surface area contributed by atoms with Crippen molar-refractivity contribution < 1.29 is 27.9 Å². The fourth-order valence-corrected chi connectivity index (χ4v) is 6.08. The van der Waals surface area contributed by atoms with Crippen LogP contribution in [0.4, 0.5) is 13.2 Å². The number of hydrogen-bond donors (Lipinski definition) is 3. The summed E-state index contributed by atoms with van der Waals surface area (Å²) in [5.41, 5.74) is 5.97. The predicted molar refractivity (Wildman–Crippen MR) is 172 cm³/mol. The second-order valence-corrected chi connectivity index (χ2v) is 12.7. The molecular weight excluding hydrogens is 615 g/mol. The van der Waals surface area contributed by atoms with Gasteiger partial charge < -0.3 is 21.1 Å². The molecule has 2 heterocycles. The summed E-state index contributed by atoms with van der Waals surface area (Å²) in [6, 6.07) is 12.9. The molecule has 2 amide bonds. The molecule has 0 bridgehead atoms. The van der Waals surface area contributed by atoms with Crippen molar-refractivity contribution in [1.29, 1.82) is 0 Å². The number of aryl methyl sites for hydroxylation is 1. The second-order valence-electron chi connectivity index (χ2n) is 11.8. The Bertz CT molecular complexity index is 1660. The van der Waals surface area contributed by atoms with Crippen molar-refractivity contribution in [3.05, 3.63) is 116 Å². The molecule has 12 heteroatoms. The van der Waals surface area contributed by atoms with Crippen molar-refractivity contribution in [3.63, 3.8) is 0 Å². The highest BCUT2D eigenvalue weighted by atomic mass is 32.1. The van der Waals surface area contributed by atoms with Crippen molar-refractivity contribution in [2.24, 2.45) is 5.73 Å². The number of nitrogens with one attached hydrogen (secondary N) is 1. The molecule has 0 saturated carbocycles. The average Bonchev–Trinajstić information content (AvgIpc) is 3.43. The average molecular weight is 654 g/mol. The Hall–Kier alpha value is -4.13. The highest BCUT2D eigenvalue weighted by Crippen LogP contribution is 2.35. The summed E-state index contributed by atoms with van der Waals surface area (Å²) in [5, 5.41) is 17.3. The first-order valence-electron chi connectivity index (χ1n) is 14.7. The summed E-state index contributed by atoms with van der Waals surface area (Å²) in [4.78, 5) is 36.7. The van der Waals surface area contributed by atoms with Crippen molar-refractivity contribution in [1.82, 2.24) is 20.2 Å². The lowest BCUT2D eigenvalue weighted by molar-refractivity contribution is 0.0779. The van der Waals surface area contributed by atoms with E-state index in [1.807, 2.05) is 42.6 Å². The normalized spacial score (nSPS) is 13.1. The van der Waals surface area contributed by atoms with E-state index in [0.717, 1.165) is 23.4 Å². The van der Waals surface area contributed by atoms with Crippen LogP contribution in [0.2, 0.25) is 0 Å². The van der Waals surface area contributed by atoms with Gasteiger partial charge in [-0.25, -0.2) is 18.2 Å². The number of thiazole rings is 1. The molecule has 0 aliphatic heterocycles. The molecule has 2 atom stereocenters. The van der Waals surface area contributed by atoms with Gasteiger partial charge in [0.2, 0.25) is 5.91 Å². The molecule has 4 aromatic rings. The quantitative estimate of drug-likeness (QED) is 0.157. The minimum Gasteiger partial charge on any atom is -0.391 e. The standard InChI is InChI=1S/C34H38F3N5O3S/c1-20-19-46-29(41-20)18-42(4)33(45)27-13-23(31(35)36)12-26(32(38)44)30(27)25(11-21-8-6-5-7-9-21)28(43)17-40-15-22-10-24(16-39-14-22)34(2,3)37/h5-10,12-14,16,19,25,28,31,40,43H,11,15,17-18H2,1-4H3,(H2,38,44)/t25-,28+/m1/s1. The van der Waals surface area contributed by atoms with Gasteiger partial charge in [-0.2, -0.15) is 0 Å². The second kappa shape index (κ2) is 15.0. The number of pyridine rings is 1. The Morgan fingerprint density at radius 1 is 1.09 bits per heavy atom. The van der Waals surface area contributed by atoms with Crippen LogP contribution < -0.4 is 11.1 Å². The molecule has 0 aliphatic carbocycles. The molecular formula is C34H38F3N5O3S. The Labute approximate surface area is 270 Å². The molecule has 4 rings (SSSR count). The Morgan fingerprint density at radius 3 is 2.39 bits per heavy atom. The molecule has 244 valence electrons. The Balaban J connectivity index is 1.74. The number of carbonyl (C=O) groups is 2. The van der Waals surface area contributed by atoms with Crippen LogP contribution >= 0.6 is 11.3 Å². The first-order valence-corrected chi connectivity index (χ1v) is 15.6.